The molecule has 0 bridgehead atoms. The van der Waals surface area contributed by atoms with Gasteiger partial charge in [0.2, 0.25) is 5.91 Å². The Kier molecular flexibility index (Phi) is 6.63. The molecule has 6 aliphatic carbocycles. The predicted octanol–water partition coefficient (Wildman–Crippen LogP) is 5.10. The van der Waals surface area contributed by atoms with Gasteiger partial charge in [0.05, 0.1) is 17.6 Å². The summed E-state index contributed by atoms with van der Waals surface area (Å²) in [5.74, 6) is 0.366. The van der Waals surface area contributed by atoms with Crippen LogP contribution in [-0.2, 0) is 14.4 Å². The van der Waals surface area contributed by atoms with Crippen molar-refractivity contribution in [2.75, 3.05) is 39.3 Å². The number of rotatable bonds is 3. The Labute approximate surface area is 263 Å². The molecule has 1 aliphatic heterocycles. The number of nitriles is 1. The second-order valence-corrected chi connectivity index (χ2v) is 17.2. The first kappa shape index (κ1) is 30.4. The first-order valence-electron chi connectivity index (χ1n) is 17.3. The van der Waals surface area contributed by atoms with Crippen molar-refractivity contribution in [1.29, 1.82) is 5.26 Å². The van der Waals surface area contributed by atoms with E-state index >= 15 is 0 Å². The predicted molar refractivity (Wildman–Crippen MR) is 167 cm³/mol. The zero-order valence-electron chi connectivity index (χ0n) is 27.5. The fourth-order valence-corrected chi connectivity index (χ4v) is 12.0. The van der Waals surface area contributed by atoms with Crippen molar-refractivity contribution in [2.24, 2.45) is 50.2 Å². The van der Waals surface area contributed by atoms with Crippen molar-refractivity contribution in [3.8, 4) is 6.07 Å². The van der Waals surface area contributed by atoms with E-state index < -0.39 is 16.2 Å². The monoisotopic (exact) mass is 601 g/mol. The fraction of sp³-hybridized carbons (Fsp3) is 0.784. The molecule has 0 aromatic heterocycles. The Morgan fingerprint density at radius 3 is 2.30 bits per heavy atom. The number of fused-ring (bicyclic) bond motifs is 8. The number of aliphatic hydroxyl groups excluding tert-OH is 1. The van der Waals surface area contributed by atoms with Crippen molar-refractivity contribution >= 4 is 17.5 Å². The molecule has 7 nitrogen and oxygen atoms in total. The van der Waals surface area contributed by atoms with E-state index in [1.165, 1.54) is 0 Å². The molecule has 44 heavy (non-hydrogen) atoms. The minimum absolute atomic E-state index is 0.00598. The van der Waals surface area contributed by atoms with Gasteiger partial charge in [-0.2, -0.15) is 5.26 Å². The van der Waals surface area contributed by atoms with Gasteiger partial charge in [0, 0.05) is 49.5 Å². The lowest BCUT2D eigenvalue weighted by molar-refractivity contribution is -0.184. The summed E-state index contributed by atoms with van der Waals surface area (Å²) >= 11 is 0. The lowest BCUT2D eigenvalue weighted by Crippen LogP contribution is -2.67. The molecule has 1 N–H and O–H groups in total. The van der Waals surface area contributed by atoms with E-state index in [9.17, 15) is 24.8 Å². The van der Waals surface area contributed by atoms with Gasteiger partial charge in [0.15, 0.2) is 11.6 Å². The summed E-state index contributed by atoms with van der Waals surface area (Å²) in [6, 6.07) is 2.24. The quantitative estimate of drug-likeness (QED) is 0.483. The van der Waals surface area contributed by atoms with Crippen molar-refractivity contribution in [3.05, 3.63) is 23.3 Å². The molecule has 5 fully saturated rings. The number of Topliss-reactive ketones (excluding diaryl/α,β-unsaturated/α-hetero) is 1. The molecule has 1 saturated heterocycles. The van der Waals surface area contributed by atoms with Gasteiger partial charge in [-0.1, -0.05) is 46.3 Å². The standard InChI is InChI=1S/C37H51N3O4/c1-32(2)8-10-36(31(44)40-16-14-39(15-17-40)18-19-41)11-9-35(5)29(25(36)22-32)26(42)20-28-33(3)21-24(23-38)30(43)37(12-13-37)27(33)6-7-34(28,35)4/h20-21,25,27,29,41H,6-19,22H2,1-5H3/t25?,27-,29+,33+,34-,35-,36+/m1/s1. The average molecular weight is 602 g/mol. The molecule has 1 amide bonds. The summed E-state index contributed by atoms with van der Waals surface area (Å²) in [5.41, 5.74) is -0.497. The van der Waals surface area contributed by atoms with Gasteiger partial charge in [-0.3, -0.25) is 19.3 Å². The molecule has 0 aromatic rings. The Morgan fingerprint density at radius 2 is 1.66 bits per heavy atom. The second-order valence-electron chi connectivity index (χ2n) is 17.2. The molecular formula is C37H51N3O4. The minimum Gasteiger partial charge on any atom is -0.395 e. The van der Waals surface area contributed by atoms with Gasteiger partial charge in [0.25, 0.3) is 0 Å². The first-order valence-corrected chi connectivity index (χ1v) is 17.3. The number of aliphatic hydroxyl groups is 1. The average Bonchev–Trinajstić information content (AvgIpc) is 3.78. The fourth-order valence-electron chi connectivity index (χ4n) is 12.0. The number of hydrogen-bond acceptors (Lipinski definition) is 6. The number of allylic oxidation sites excluding steroid dienone is 4. The van der Waals surface area contributed by atoms with E-state index in [1.807, 2.05) is 12.2 Å². The lowest BCUT2D eigenvalue weighted by atomic mass is 9.34. The topological polar surface area (TPSA) is 102 Å². The van der Waals surface area contributed by atoms with Crippen molar-refractivity contribution in [1.82, 2.24) is 9.80 Å². The second kappa shape index (κ2) is 9.61. The van der Waals surface area contributed by atoms with E-state index in [0.29, 0.717) is 19.6 Å². The molecule has 4 saturated carbocycles. The van der Waals surface area contributed by atoms with Crippen molar-refractivity contribution in [2.45, 2.75) is 92.4 Å². The van der Waals surface area contributed by atoms with E-state index in [4.69, 9.17) is 0 Å². The van der Waals surface area contributed by atoms with Crippen LogP contribution in [0.2, 0.25) is 0 Å². The van der Waals surface area contributed by atoms with Crippen LogP contribution in [0, 0.1) is 61.6 Å². The smallest absolute Gasteiger partial charge is 0.229 e. The van der Waals surface area contributed by atoms with Crippen LogP contribution in [0.25, 0.3) is 0 Å². The minimum atomic E-state index is -0.513. The molecule has 7 atom stereocenters. The third-order valence-corrected chi connectivity index (χ3v) is 14.8. The zero-order valence-corrected chi connectivity index (χ0v) is 27.5. The van der Waals surface area contributed by atoms with Crippen molar-refractivity contribution < 1.29 is 19.5 Å². The van der Waals surface area contributed by atoms with E-state index in [1.54, 1.807) is 0 Å². The van der Waals surface area contributed by atoms with Crippen LogP contribution in [0.5, 0.6) is 0 Å². The van der Waals surface area contributed by atoms with Crippen LogP contribution in [-0.4, -0.2) is 71.7 Å². The Bertz CT molecular complexity index is 1410. The summed E-state index contributed by atoms with van der Waals surface area (Å²) in [7, 11) is 0. The molecular weight excluding hydrogens is 550 g/mol. The Balaban J connectivity index is 1.30. The summed E-state index contributed by atoms with van der Waals surface area (Å²) in [6.07, 6.45) is 11.8. The van der Waals surface area contributed by atoms with Gasteiger partial charge in [-0.05, 0) is 91.9 Å². The SMILES string of the molecule is CC1(C)CC[C@]2(C(=O)N3CCN(CCO)CC3)CC[C@]3(C)[C@H](C(=O)C=C4[C@@]5(C)C=C(C#N)C(=O)C6(CC6)[C@@H]5CC[C@]43C)C2C1. The highest BCUT2D eigenvalue weighted by atomic mass is 16.3. The maximum Gasteiger partial charge on any atom is 0.229 e. The number of amides is 1. The van der Waals surface area contributed by atoms with E-state index in [2.05, 4.69) is 50.5 Å². The van der Waals surface area contributed by atoms with E-state index in [-0.39, 0.29) is 63.7 Å². The molecule has 238 valence electrons. The highest BCUT2D eigenvalue weighted by Crippen LogP contribution is 2.76. The molecule has 1 spiro atoms. The Morgan fingerprint density at radius 1 is 0.977 bits per heavy atom. The maximum atomic E-state index is 14.8. The number of carbonyl (C=O) groups excluding carboxylic acids is 3. The number of β-amino-alcohol motifs (C(OH)–C–C–N with tert-alkyl or cyclic N) is 1. The summed E-state index contributed by atoms with van der Waals surface area (Å²) in [4.78, 5) is 47.2. The zero-order chi connectivity index (χ0) is 31.5. The first-order chi connectivity index (χ1) is 20.7. The number of carbonyl (C=O) groups is 3. The molecule has 1 heterocycles. The summed E-state index contributed by atoms with van der Waals surface area (Å²) in [6.45, 7) is 15.3. The number of hydrogen-bond donors (Lipinski definition) is 1. The summed E-state index contributed by atoms with van der Waals surface area (Å²) < 4.78 is 0. The molecule has 1 unspecified atom stereocenters. The Hall–Kier alpha value is -2.30. The van der Waals surface area contributed by atoms with Gasteiger partial charge in [0.1, 0.15) is 6.07 Å². The third kappa shape index (κ3) is 3.82. The third-order valence-electron chi connectivity index (χ3n) is 14.8. The van der Waals surface area contributed by atoms with Crippen LogP contribution >= 0.6 is 0 Å². The number of nitrogens with zero attached hydrogens (tertiary/aromatic N) is 3. The van der Waals surface area contributed by atoms with Gasteiger partial charge in [-0.15, -0.1) is 0 Å². The molecule has 0 radical (unpaired) electrons. The normalized spacial score (nSPS) is 43.9. The summed E-state index contributed by atoms with van der Waals surface area (Å²) in [5, 5.41) is 19.4. The van der Waals surface area contributed by atoms with Crippen LogP contribution in [0.15, 0.2) is 23.3 Å². The number of ketones is 2. The van der Waals surface area contributed by atoms with Gasteiger partial charge in [-0.25, -0.2) is 0 Å². The van der Waals surface area contributed by atoms with Crippen molar-refractivity contribution in [3.63, 3.8) is 0 Å². The highest BCUT2D eigenvalue weighted by molar-refractivity contribution is 6.06. The van der Waals surface area contributed by atoms with Crippen LogP contribution in [0.3, 0.4) is 0 Å². The molecule has 7 aliphatic rings. The van der Waals surface area contributed by atoms with Gasteiger partial charge >= 0.3 is 0 Å². The molecule has 7 heteroatoms. The lowest BCUT2D eigenvalue weighted by Gasteiger charge is -2.68. The van der Waals surface area contributed by atoms with Crippen LogP contribution < -0.4 is 0 Å². The van der Waals surface area contributed by atoms with Gasteiger partial charge < -0.3 is 10.0 Å². The highest BCUT2D eigenvalue weighted by Gasteiger charge is 2.73. The number of piperazine rings is 1. The molecule has 7 rings (SSSR count). The van der Waals surface area contributed by atoms with Crippen LogP contribution in [0.1, 0.15) is 92.4 Å². The molecule has 0 aromatic carbocycles. The van der Waals surface area contributed by atoms with E-state index in [0.717, 1.165) is 76.5 Å². The van der Waals surface area contributed by atoms with Crippen LogP contribution in [0.4, 0.5) is 0 Å². The largest absolute Gasteiger partial charge is 0.395 e. The maximum absolute atomic E-state index is 14.8.